The molecule has 0 aliphatic heterocycles. The molecule has 0 atom stereocenters. The van der Waals surface area contributed by atoms with Crippen LogP contribution in [0.2, 0.25) is 0 Å². The van der Waals surface area contributed by atoms with Crippen molar-refractivity contribution in [2.45, 2.75) is 26.9 Å². The van der Waals surface area contributed by atoms with E-state index in [1.54, 1.807) is 6.07 Å². The number of carbonyl (C=O) groups excluding carboxylic acids is 1. The largest absolute Gasteiger partial charge is 0.333 e. The Kier molecular flexibility index (Phi) is 5.63. The number of fused-ring (bicyclic) bond motifs is 1. The topological polar surface area (TPSA) is 98.9 Å². The summed E-state index contributed by atoms with van der Waals surface area (Å²) in [4.78, 5) is 47.0. The normalized spacial score (nSPS) is 11.0. The predicted octanol–water partition coefficient (Wildman–Crippen LogP) is 2.40. The van der Waals surface area contributed by atoms with Crippen molar-refractivity contribution in [3.8, 4) is 0 Å². The molecule has 0 aliphatic carbocycles. The van der Waals surface area contributed by atoms with Crippen molar-refractivity contribution in [2.75, 3.05) is 5.32 Å². The summed E-state index contributed by atoms with van der Waals surface area (Å²) in [5.41, 5.74) is 1.78. The van der Waals surface area contributed by atoms with Gasteiger partial charge in [0.25, 0.3) is 5.56 Å². The molecule has 0 saturated heterocycles. The second-order valence-electron chi connectivity index (χ2n) is 7.48. The fourth-order valence-electron chi connectivity index (χ4n) is 3.47. The second kappa shape index (κ2) is 8.54. The Morgan fingerprint density at radius 1 is 1.00 bits per heavy atom. The zero-order chi connectivity index (χ0) is 22.8. The van der Waals surface area contributed by atoms with Gasteiger partial charge < -0.3 is 5.32 Å². The van der Waals surface area contributed by atoms with E-state index in [4.69, 9.17) is 0 Å². The molecule has 0 unspecified atom stereocenters. The molecule has 32 heavy (non-hydrogen) atoms. The summed E-state index contributed by atoms with van der Waals surface area (Å²) in [6.45, 7) is 3.38. The minimum atomic E-state index is -0.705. The smallest absolute Gasteiger partial charge is 0.324 e. The molecule has 162 valence electrons. The average molecular weight is 433 g/mol. The van der Waals surface area contributed by atoms with Gasteiger partial charge in [-0.1, -0.05) is 29.8 Å². The molecule has 4 rings (SSSR count). The van der Waals surface area contributed by atoms with Gasteiger partial charge in [-0.3, -0.25) is 18.7 Å². The van der Waals surface area contributed by atoms with Gasteiger partial charge in [-0.05, 0) is 43.2 Å². The van der Waals surface area contributed by atoms with Crippen molar-refractivity contribution in [3.63, 3.8) is 0 Å². The summed E-state index contributed by atoms with van der Waals surface area (Å²) in [6.07, 6.45) is 2.70. The Bertz CT molecular complexity index is 1440. The predicted molar refractivity (Wildman–Crippen MR) is 118 cm³/mol. The summed E-state index contributed by atoms with van der Waals surface area (Å²) in [5, 5.41) is 2.79. The van der Waals surface area contributed by atoms with Crippen LogP contribution in [-0.2, 0) is 17.9 Å². The minimum Gasteiger partial charge on any atom is -0.324 e. The standard InChI is InChI=1S/C23H20FN5O3/c1-14-3-8-18(15(2)11-14)27-19(30)13-28-21-20(25-9-10-26-21)22(31)29(23(28)32)12-16-4-6-17(24)7-5-16/h3-11H,12-13H2,1-2H3,(H,27,30). The lowest BCUT2D eigenvalue weighted by Crippen LogP contribution is -2.42. The third-order valence-corrected chi connectivity index (χ3v) is 5.06. The summed E-state index contributed by atoms with van der Waals surface area (Å²) >= 11 is 0. The van der Waals surface area contributed by atoms with Gasteiger partial charge in [0.1, 0.15) is 12.4 Å². The zero-order valence-corrected chi connectivity index (χ0v) is 17.5. The molecule has 2 heterocycles. The van der Waals surface area contributed by atoms with Crippen LogP contribution in [0.4, 0.5) is 10.1 Å². The van der Waals surface area contributed by atoms with E-state index in [9.17, 15) is 18.8 Å². The molecular weight excluding hydrogens is 413 g/mol. The first kappa shape index (κ1) is 21.1. The number of benzene rings is 2. The third-order valence-electron chi connectivity index (χ3n) is 5.06. The Balaban J connectivity index is 1.74. The van der Waals surface area contributed by atoms with E-state index < -0.39 is 23.0 Å². The SMILES string of the molecule is Cc1ccc(NC(=O)Cn2c(=O)n(Cc3ccc(F)cc3)c(=O)c3nccnc32)c(C)c1. The molecular formula is C23H20FN5O3. The van der Waals surface area contributed by atoms with Crippen LogP contribution in [0.15, 0.2) is 64.4 Å². The Hall–Kier alpha value is -4.14. The Morgan fingerprint density at radius 3 is 2.44 bits per heavy atom. The molecule has 8 nitrogen and oxygen atoms in total. The highest BCUT2D eigenvalue weighted by Crippen LogP contribution is 2.16. The number of hydrogen-bond donors (Lipinski definition) is 1. The first-order valence-corrected chi connectivity index (χ1v) is 9.89. The Labute approximate surface area is 182 Å². The van der Waals surface area contributed by atoms with Crippen LogP contribution in [-0.4, -0.2) is 25.0 Å². The lowest BCUT2D eigenvalue weighted by atomic mass is 10.1. The van der Waals surface area contributed by atoms with Crippen LogP contribution in [0.3, 0.4) is 0 Å². The van der Waals surface area contributed by atoms with Crippen molar-refractivity contribution in [2.24, 2.45) is 0 Å². The van der Waals surface area contributed by atoms with E-state index >= 15 is 0 Å². The van der Waals surface area contributed by atoms with Crippen molar-refractivity contribution < 1.29 is 9.18 Å². The molecule has 0 aliphatic rings. The van der Waals surface area contributed by atoms with E-state index in [0.29, 0.717) is 11.3 Å². The molecule has 4 aromatic rings. The zero-order valence-electron chi connectivity index (χ0n) is 17.5. The molecule has 2 aromatic heterocycles. The Morgan fingerprint density at radius 2 is 1.72 bits per heavy atom. The van der Waals surface area contributed by atoms with Gasteiger partial charge in [0.2, 0.25) is 5.91 Å². The number of rotatable bonds is 5. The number of aryl methyl sites for hydroxylation is 2. The monoisotopic (exact) mass is 433 g/mol. The highest BCUT2D eigenvalue weighted by Gasteiger charge is 2.18. The van der Waals surface area contributed by atoms with E-state index in [1.165, 1.54) is 36.7 Å². The summed E-state index contributed by atoms with van der Waals surface area (Å²) < 4.78 is 15.3. The summed E-state index contributed by atoms with van der Waals surface area (Å²) in [7, 11) is 0. The van der Waals surface area contributed by atoms with Gasteiger partial charge in [-0.25, -0.2) is 19.2 Å². The third kappa shape index (κ3) is 4.18. The van der Waals surface area contributed by atoms with Gasteiger partial charge in [0.15, 0.2) is 11.2 Å². The fourth-order valence-corrected chi connectivity index (χ4v) is 3.47. The molecule has 1 amide bonds. The van der Waals surface area contributed by atoms with Crippen molar-refractivity contribution in [1.29, 1.82) is 0 Å². The molecule has 0 radical (unpaired) electrons. The fraction of sp³-hybridized carbons (Fsp3) is 0.174. The first-order chi connectivity index (χ1) is 15.3. The highest BCUT2D eigenvalue weighted by atomic mass is 19.1. The lowest BCUT2D eigenvalue weighted by molar-refractivity contribution is -0.116. The number of nitrogens with one attached hydrogen (secondary N) is 1. The molecule has 0 saturated carbocycles. The first-order valence-electron chi connectivity index (χ1n) is 9.89. The van der Waals surface area contributed by atoms with Crippen molar-refractivity contribution in [3.05, 3.63) is 98.2 Å². The molecule has 0 bridgehead atoms. The molecule has 0 fully saturated rings. The molecule has 9 heteroatoms. The van der Waals surface area contributed by atoms with Gasteiger partial charge in [-0.15, -0.1) is 0 Å². The van der Waals surface area contributed by atoms with Crippen LogP contribution in [0.5, 0.6) is 0 Å². The quantitative estimate of drug-likeness (QED) is 0.521. The molecule has 2 aromatic carbocycles. The van der Waals surface area contributed by atoms with E-state index in [0.717, 1.165) is 20.3 Å². The minimum absolute atomic E-state index is 0.0219. The maximum absolute atomic E-state index is 13.2. The average Bonchev–Trinajstić information content (AvgIpc) is 2.77. The summed E-state index contributed by atoms with van der Waals surface area (Å²) in [5.74, 6) is -0.871. The van der Waals surface area contributed by atoms with E-state index in [1.807, 2.05) is 26.0 Å². The molecule has 0 spiro atoms. The van der Waals surface area contributed by atoms with Crippen LogP contribution in [0.1, 0.15) is 16.7 Å². The van der Waals surface area contributed by atoms with Crippen LogP contribution >= 0.6 is 0 Å². The number of aromatic nitrogens is 4. The number of anilines is 1. The van der Waals surface area contributed by atoms with Crippen molar-refractivity contribution in [1.82, 2.24) is 19.1 Å². The van der Waals surface area contributed by atoms with E-state index in [-0.39, 0.29) is 24.3 Å². The second-order valence-corrected chi connectivity index (χ2v) is 7.48. The number of nitrogens with zero attached hydrogens (tertiary/aromatic N) is 4. The van der Waals surface area contributed by atoms with Gasteiger partial charge in [0, 0.05) is 18.1 Å². The number of hydrogen-bond acceptors (Lipinski definition) is 5. The van der Waals surface area contributed by atoms with Crippen LogP contribution in [0, 0.1) is 19.7 Å². The van der Waals surface area contributed by atoms with Gasteiger partial charge in [0.05, 0.1) is 6.54 Å². The van der Waals surface area contributed by atoms with Gasteiger partial charge >= 0.3 is 5.69 Å². The van der Waals surface area contributed by atoms with Crippen LogP contribution in [0.25, 0.3) is 11.2 Å². The van der Waals surface area contributed by atoms with E-state index in [2.05, 4.69) is 15.3 Å². The number of halogens is 1. The highest BCUT2D eigenvalue weighted by molar-refractivity contribution is 5.92. The summed E-state index contributed by atoms with van der Waals surface area (Å²) in [6, 6.07) is 11.1. The van der Waals surface area contributed by atoms with Crippen LogP contribution < -0.4 is 16.6 Å². The number of carbonyl (C=O) groups is 1. The van der Waals surface area contributed by atoms with Gasteiger partial charge in [-0.2, -0.15) is 0 Å². The molecule has 1 N–H and O–H groups in total. The maximum atomic E-state index is 13.2. The lowest BCUT2D eigenvalue weighted by Gasteiger charge is -2.14. The maximum Gasteiger partial charge on any atom is 0.333 e. The number of amides is 1. The van der Waals surface area contributed by atoms with Crippen molar-refractivity contribution >= 4 is 22.8 Å².